The summed E-state index contributed by atoms with van der Waals surface area (Å²) in [6.45, 7) is 0. The van der Waals surface area contributed by atoms with E-state index in [1.165, 1.54) is 19.3 Å². The molecule has 0 radical (unpaired) electrons. The molecule has 0 unspecified atom stereocenters. The monoisotopic (exact) mass is 222 g/mol. The number of aromatic nitrogens is 3. The third-order valence-corrected chi connectivity index (χ3v) is 3.26. The summed E-state index contributed by atoms with van der Waals surface area (Å²) in [5.74, 6) is -0.0139. The Morgan fingerprint density at radius 1 is 1.44 bits per heavy atom. The van der Waals surface area contributed by atoms with E-state index in [0.717, 1.165) is 12.8 Å². The van der Waals surface area contributed by atoms with Gasteiger partial charge in [-0.05, 0) is 12.8 Å². The van der Waals surface area contributed by atoms with Crippen LogP contribution in [-0.2, 0) is 7.05 Å². The molecule has 1 aliphatic rings. The number of carbonyl (C=O) groups is 1. The van der Waals surface area contributed by atoms with Crippen LogP contribution in [0.4, 0.5) is 0 Å². The van der Waals surface area contributed by atoms with Crippen molar-refractivity contribution >= 4 is 5.91 Å². The predicted molar refractivity (Wildman–Crippen MR) is 60.0 cm³/mol. The van der Waals surface area contributed by atoms with Crippen molar-refractivity contribution in [2.24, 2.45) is 7.05 Å². The van der Waals surface area contributed by atoms with Gasteiger partial charge in [0.05, 0.1) is 6.20 Å². The van der Waals surface area contributed by atoms with Crippen LogP contribution in [0.15, 0.2) is 6.20 Å². The molecule has 88 valence electrons. The van der Waals surface area contributed by atoms with E-state index in [1.54, 1.807) is 17.9 Å². The Morgan fingerprint density at radius 3 is 2.69 bits per heavy atom. The van der Waals surface area contributed by atoms with Crippen LogP contribution < -0.4 is 0 Å². The highest BCUT2D eigenvalue weighted by molar-refractivity contribution is 5.91. The maximum Gasteiger partial charge on any atom is 0.276 e. The van der Waals surface area contributed by atoms with Gasteiger partial charge in [0, 0.05) is 20.1 Å². The van der Waals surface area contributed by atoms with Crippen molar-refractivity contribution in [1.29, 1.82) is 0 Å². The summed E-state index contributed by atoms with van der Waals surface area (Å²) in [5, 5.41) is 7.64. The third kappa shape index (κ3) is 2.23. The molecule has 5 nitrogen and oxygen atoms in total. The molecular weight excluding hydrogens is 204 g/mol. The van der Waals surface area contributed by atoms with Crippen molar-refractivity contribution in [2.45, 2.75) is 38.1 Å². The van der Waals surface area contributed by atoms with Crippen LogP contribution in [0.3, 0.4) is 0 Å². The third-order valence-electron chi connectivity index (χ3n) is 3.26. The van der Waals surface area contributed by atoms with E-state index >= 15 is 0 Å². The first kappa shape index (κ1) is 11.1. The van der Waals surface area contributed by atoms with Crippen LogP contribution in [0.25, 0.3) is 0 Å². The molecule has 1 amide bonds. The fourth-order valence-corrected chi connectivity index (χ4v) is 2.26. The van der Waals surface area contributed by atoms with Crippen molar-refractivity contribution in [1.82, 2.24) is 19.9 Å². The molecule has 1 aromatic rings. The van der Waals surface area contributed by atoms with Gasteiger partial charge in [-0.15, -0.1) is 5.10 Å². The lowest BCUT2D eigenvalue weighted by molar-refractivity contribution is 0.0690. The molecular formula is C11H18N4O. The largest absolute Gasteiger partial charge is 0.337 e. The number of rotatable bonds is 2. The van der Waals surface area contributed by atoms with Crippen molar-refractivity contribution in [2.75, 3.05) is 7.05 Å². The maximum atomic E-state index is 12.1. The lowest BCUT2D eigenvalue weighted by atomic mass is 9.94. The molecule has 0 bridgehead atoms. The quantitative estimate of drug-likeness (QED) is 0.756. The maximum absolute atomic E-state index is 12.1. The Labute approximate surface area is 95.4 Å². The molecule has 1 saturated carbocycles. The highest BCUT2D eigenvalue weighted by Gasteiger charge is 2.24. The van der Waals surface area contributed by atoms with Crippen LogP contribution >= 0.6 is 0 Å². The Balaban J connectivity index is 2.03. The number of amides is 1. The average Bonchev–Trinajstić information content (AvgIpc) is 2.75. The Morgan fingerprint density at radius 2 is 2.12 bits per heavy atom. The molecule has 1 aliphatic carbocycles. The van der Waals surface area contributed by atoms with Crippen LogP contribution in [0, 0.1) is 0 Å². The minimum Gasteiger partial charge on any atom is -0.337 e. The lowest BCUT2D eigenvalue weighted by Crippen LogP contribution is -2.38. The summed E-state index contributed by atoms with van der Waals surface area (Å²) in [7, 11) is 3.64. The molecule has 0 aromatic carbocycles. The van der Waals surface area contributed by atoms with E-state index in [0.29, 0.717) is 11.7 Å². The number of nitrogens with zero attached hydrogens (tertiary/aromatic N) is 4. The first-order valence-corrected chi connectivity index (χ1v) is 5.82. The molecule has 1 aromatic heterocycles. The molecule has 0 saturated heterocycles. The molecule has 2 rings (SSSR count). The van der Waals surface area contributed by atoms with Crippen LogP contribution in [0.1, 0.15) is 42.6 Å². The van der Waals surface area contributed by atoms with Gasteiger partial charge in [0.1, 0.15) is 0 Å². The van der Waals surface area contributed by atoms with Gasteiger partial charge in [-0.3, -0.25) is 9.48 Å². The zero-order valence-corrected chi connectivity index (χ0v) is 9.89. The van der Waals surface area contributed by atoms with Crippen LogP contribution in [0.5, 0.6) is 0 Å². The van der Waals surface area contributed by atoms with Gasteiger partial charge in [0.25, 0.3) is 5.91 Å². The summed E-state index contributed by atoms with van der Waals surface area (Å²) in [6, 6.07) is 0.378. The zero-order valence-electron chi connectivity index (χ0n) is 9.89. The fraction of sp³-hybridized carbons (Fsp3) is 0.727. The van der Waals surface area contributed by atoms with Crippen molar-refractivity contribution < 1.29 is 4.79 Å². The van der Waals surface area contributed by atoms with Gasteiger partial charge >= 0.3 is 0 Å². The summed E-state index contributed by atoms with van der Waals surface area (Å²) >= 11 is 0. The average molecular weight is 222 g/mol. The van der Waals surface area contributed by atoms with E-state index in [-0.39, 0.29) is 5.91 Å². The van der Waals surface area contributed by atoms with Gasteiger partial charge in [-0.2, -0.15) is 0 Å². The molecule has 0 aliphatic heterocycles. The minimum atomic E-state index is -0.0139. The molecule has 0 spiro atoms. The van der Waals surface area contributed by atoms with E-state index in [9.17, 15) is 4.79 Å². The molecule has 0 N–H and O–H groups in total. The second kappa shape index (κ2) is 4.63. The fourth-order valence-electron chi connectivity index (χ4n) is 2.26. The van der Waals surface area contributed by atoms with E-state index < -0.39 is 0 Å². The second-order valence-electron chi connectivity index (χ2n) is 4.49. The summed E-state index contributed by atoms with van der Waals surface area (Å²) in [4.78, 5) is 13.9. The second-order valence-corrected chi connectivity index (χ2v) is 4.49. The number of hydrogen-bond donors (Lipinski definition) is 0. The van der Waals surface area contributed by atoms with Crippen LogP contribution in [0.2, 0.25) is 0 Å². The summed E-state index contributed by atoms with van der Waals surface area (Å²) in [5.41, 5.74) is 0.440. The molecule has 5 heteroatoms. The molecule has 1 heterocycles. The smallest absolute Gasteiger partial charge is 0.276 e. The molecule has 16 heavy (non-hydrogen) atoms. The predicted octanol–water partition coefficient (Wildman–Crippen LogP) is 1.22. The Hall–Kier alpha value is -1.39. The van der Waals surface area contributed by atoms with Gasteiger partial charge < -0.3 is 4.90 Å². The van der Waals surface area contributed by atoms with Gasteiger partial charge in [0.15, 0.2) is 5.69 Å². The van der Waals surface area contributed by atoms with Crippen molar-refractivity contribution in [3.05, 3.63) is 11.9 Å². The van der Waals surface area contributed by atoms with E-state index in [2.05, 4.69) is 10.3 Å². The zero-order chi connectivity index (χ0) is 11.5. The SMILES string of the molecule is CN(C(=O)c1cn(C)nn1)C1CCCCC1. The molecule has 0 atom stereocenters. The van der Waals surface area contributed by atoms with E-state index in [1.807, 2.05) is 11.9 Å². The van der Waals surface area contributed by atoms with Crippen molar-refractivity contribution in [3.63, 3.8) is 0 Å². The molecule has 1 fully saturated rings. The first-order chi connectivity index (χ1) is 7.68. The standard InChI is InChI=1S/C11H18N4O/c1-14-8-10(12-13-14)11(16)15(2)9-6-4-3-5-7-9/h8-9H,3-7H2,1-2H3. The first-order valence-electron chi connectivity index (χ1n) is 5.82. The highest BCUT2D eigenvalue weighted by atomic mass is 16.2. The number of aryl methyl sites for hydroxylation is 1. The normalized spacial score (nSPS) is 17.4. The van der Waals surface area contributed by atoms with Gasteiger partial charge in [-0.1, -0.05) is 24.5 Å². The van der Waals surface area contributed by atoms with E-state index in [4.69, 9.17) is 0 Å². The van der Waals surface area contributed by atoms with Gasteiger partial charge in [-0.25, -0.2) is 0 Å². The number of carbonyl (C=O) groups excluding carboxylic acids is 1. The minimum absolute atomic E-state index is 0.0139. The summed E-state index contributed by atoms with van der Waals surface area (Å²) < 4.78 is 1.56. The van der Waals surface area contributed by atoms with Crippen LogP contribution in [-0.4, -0.2) is 38.9 Å². The lowest BCUT2D eigenvalue weighted by Gasteiger charge is -2.30. The number of hydrogen-bond acceptors (Lipinski definition) is 3. The highest BCUT2D eigenvalue weighted by Crippen LogP contribution is 2.22. The Bertz CT molecular complexity index is 368. The summed E-state index contributed by atoms with van der Waals surface area (Å²) in [6.07, 6.45) is 7.64. The van der Waals surface area contributed by atoms with Crippen molar-refractivity contribution in [3.8, 4) is 0 Å². The van der Waals surface area contributed by atoms with Gasteiger partial charge in [0.2, 0.25) is 0 Å². The Kier molecular flexibility index (Phi) is 3.22. The topological polar surface area (TPSA) is 51.0 Å².